The van der Waals surface area contributed by atoms with Crippen LogP contribution in [0.5, 0.6) is 5.75 Å². The third kappa shape index (κ3) is 5.13. The summed E-state index contributed by atoms with van der Waals surface area (Å²) in [5.41, 5.74) is 1.04. The standard InChI is InChI=1S/C15H20BrNO4/c1-5-21-12-8-10(14(19)15(2,3)16)6-7-11(12)17-13(18)9-20-4/h6-8H,5,9H2,1-4H3,(H,17,18). The number of Topliss-reactive ketones (excluding diaryl/α,β-unsaturated/α-hetero) is 1. The average Bonchev–Trinajstić information content (AvgIpc) is 2.39. The monoisotopic (exact) mass is 357 g/mol. The van der Waals surface area contributed by atoms with Crippen LogP contribution < -0.4 is 10.1 Å². The van der Waals surface area contributed by atoms with Gasteiger partial charge in [0.05, 0.1) is 16.6 Å². The number of methoxy groups -OCH3 is 1. The van der Waals surface area contributed by atoms with Crippen molar-refractivity contribution >= 4 is 33.3 Å². The van der Waals surface area contributed by atoms with E-state index in [2.05, 4.69) is 21.2 Å². The van der Waals surface area contributed by atoms with Crippen LogP contribution in [0.3, 0.4) is 0 Å². The number of amides is 1. The SMILES string of the molecule is CCOc1cc(C(=O)C(C)(C)Br)ccc1NC(=O)COC. The van der Waals surface area contributed by atoms with E-state index in [1.165, 1.54) is 7.11 Å². The Kier molecular flexibility index (Phi) is 6.36. The van der Waals surface area contributed by atoms with Gasteiger partial charge in [-0.15, -0.1) is 0 Å². The number of nitrogens with one attached hydrogen (secondary N) is 1. The zero-order valence-electron chi connectivity index (χ0n) is 12.7. The first-order valence-electron chi connectivity index (χ1n) is 6.59. The highest BCUT2D eigenvalue weighted by atomic mass is 79.9. The molecule has 0 unspecified atom stereocenters. The molecule has 1 aromatic carbocycles. The largest absolute Gasteiger partial charge is 0.492 e. The molecule has 1 amide bonds. The van der Waals surface area contributed by atoms with Crippen molar-refractivity contribution in [3.8, 4) is 5.75 Å². The Bertz CT molecular complexity index is 523. The van der Waals surface area contributed by atoms with Crippen LogP contribution in [0, 0.1) is 0 Å². The van der Waals surface area contributed by atoms with E-state index >= 15 is 0 Å². The van der Waals surface area contributed by atoms with Gasteiger partial charge in [0.25, 0.3) is 0 Å². The van der Waals surface area contributed by atoms with Gasteiger partial charge in [0.1, 0.15) is 12.4 Å². The molecule has 5 nitrogen and oxygen atoms in total. The van der Waals surface area contributed by atoms with E-state index < -0.39 is 4.32 Å². The zero-order chi connectivity index (χ0) is 16.0. The van der Waals surface area contributed by atoms with Crippen LogP contribution in [0.4, 0.5) is 5.69 Å². The van der Waals surface area contributed by atoms with E-state index in [0.717, 1.165) is 0 Å². The molecule has 116 valence electrons. The first-order chi connectivity index (χ1) is 9.79. The normalized spacial score (nSPS) is 11.1. The van der Waals surface area contributed by atoms with Crippen LogP contribution in [0.15, 0.2) is 18.2 Å². The first-order valence-corrected chi connectivity index (χ1v) is 7.38. The molecule has 0 aliphatic heterocycles. The number of hydrogen-bond acceptors (Lipinski definition) is 4. The van der Waals surface area contributed by atoms with Gasteiger partial charge in [-0.05, 0) is 39.0 Å². The van der Waals surface area contributed by atoms with Gasteiger partial charge < -0.3 is 14.8 Å². The minimum absolute atomic E-state index is 0.0410. The number of carbonyl (C=O) groups is 2. The van der Waals surface area contributed by atoms with Gasteiger partial charge in [0.2, 0.25) is 5.91 Å². The summed E-state index contributed by atoms with van der Waals surface area (Å²) >= 11 is 3.35. The molecule has 0 saturated heterocycles. The second kappa shape index (κ2) is 7.56. The van der Waals surface area contributed by atoms with Crippen molar-refractivity contribution in [1.29, 1.82) is 0 Å². The third-order valence-electron chi connectivity index (χ3n) is 2.63. The van der Waals surface area contributed by atoms with Gasteiger partial charge in [-0.25, -0.2) is 0 Å². The fourth-order valence-corrected chi connectivity index (χ4v) is 1.93. The van der Waals surface area contributed by atoms with Crippen LogP contribution >= 0.6 is 15.9 Å². The Morgan fingerprint density at radius 2 is 2.00 bits per heavy atom. The van der Waals surface area contributed by atoms with Crippen molar-refractivity contribution in [1.82, 2.24) is 0 Å². The number of alkyl halides is 1. The summed E-state index contributed by atoms with van der Waals surface area (Å²) in [5, 5.41) is 2.69. The van der Waals surface area contributed by atoms with Crippen molar-refractivity contribution in [2.45, 2.75) is 25.1 Å². The fraction of sp³-hybridized carbons (Fsp3) is 0.467. The molecular formula is C15H20BrNO4. The minimum atomic E-state index is -0.655. The zero-order valence-corrected chi connectivity index (χ0v) is 14.2. The quantitative estimate of drug-likeness (QED) is 0.601. The van der Waals surface area contributed by atoms with E-state index in [1.807, 2.05) is 6.92 Å². The molecule has 0 aromatic heterocycles. The maximum absolute atomic E-state index is 12.2. The molecule has 21 heavy (non-hydrogen) atoms. The van der Waals surface area contributed by atoms with Crippen molar-refractivity contribution in [3.63, 3.8) is 0 Å². The Morgan fingerprint density at radius 3 is 2.52 bits per heavy atom. The Morgan fingerprint density at radius 1 is 1.33 bits per heavy atom. The molecule has 0 atom stereocenters. The molecule has 0 radical (unpaired) electrons. The minimum Gasteiger partial charge on any atom is -0.492 e. The summed E-state index contributed by atoms with van der Waals surface area (Å²) in [6.45, 7) is 5.79. The lowest BCUT2D eigenvalue weighted by Gasteiger charge is -2.17. The molecule has 0 aliphatic rings. The highest BCUT2D eigenvalue weighted by Gasteiger charge is 2.26. The van der Waals surface area contributed by atoms with Gasteiger partial charge in [-0.1, -0.05) is 15.9 Å². The molecule has 0 heterocycles. The summed E-state index contributed by atoms with van der Waals surface area (Å²) in [6, 6.07) is 4.96. The molecule has 0 bridgehead atoms. The molecule has 0 saturated carbocycles. The number of rotatable bonds is 7. The third-order valence-corrected chi connectivity index (χ3v) is 2.99. The van der Waals surface area contributed by atoms with E-state index in [0.29, 0.717) is 23.6 Å². The topological polar surface area (TPSA) is 64.6 Å². The number of hydrogen-bond donors (Lipinski definition) is 1. The number of ether oxygens (including phenoxy) is 2. The van der Waals surface area contributed by atoms with Crippen molar-refractivity contribution < 1.29 is 19.1 Å². The van der Waals surface area contributed by atoms with Crippen LogP contribution in [-0.4, -0.2) is 36.3 Å². The Balaban J connectivity index is 3.07. The van der Waals surface area contributed by atoms with E-state index in [1.54, 1.807) is 32.0 Å². The van der Waals surface area contributed by atoms with Crippen molar-refractivity contribution in [2.75, 3.05) is 25.6 Å². The van der Waals surface area contributed by atoms with E-state index in [4.69, 9.17) is 9.47 Å². The van der Waals surface area contributed by atoms with Gasteiger partial charge in [-0.2, -0.15) is 0 Å². The van der Waals surface area contributed by atoms with E-state index in [9.17, 15) is 9.59 Å². The van der Waals surface area contributed by atoms with Crippen molar-refractivity contribution in [3.05, 3.63) is 23.8 Å². The highest BCUT2D eigenvalue weighted by Crippen LogP contribution is 2.29. The van der Waals surface area contributed by atoms with Crippen LogP contribution in [0.2, 0.25) is 0 Å². The molecular weight excluding hydrogens is 338 g/mol. The summed E-state index contributed by atoms with van der Waals surface area (Å²) in [5.74, 6) is 0.126. The smallest absolute Gasteiger partial charge is 0.250 e. The Hall–Kier alpha value is -1.40. The molecule has 1 rings (SSSR count). The summed E-state index contributed by atoms with van der Waals surface area (Å²) in [7, 11) is 1.45. The second-order valence-electron chi connectivity index (χ2n) is 4.93. The lowest BCUT2D eigenvalue weighted by molar-refractivity contribution is -0.119. The van der Waals surface area contributed by atoms with Gasteiger partial charge in [0.15, 0.2) is 5.78 Å². The highest BCUT2D eigenvalue weighted by molar-refractivity contribution is 9.10. The van der Waals surface area contributed by atoms with Crippen molar-refractivity contribution in [2.24, 2.45) is 0 Å². The first kappa shape index (κ1) is 17.7. The van der Waals surface area contributed by atoms with Gasteiger partial charge >= 0.3 is 0 Å². The van der Waals surface area contributed by atoms with Crippen LogP contribution in [-0.2, 0) is 9.53 Å². The maximum Gasteiger partial charge on any atom is 0.250 e. The lowest BCUT2D eigenvalue weighted by atomic mass is 10.0. The molecule has 0 spiro atoms. The number of ketones is 1. The lowest BCUT2D eigenvalue weighted by Crippen LogP contribution is -2.24. The van der Waals surface area contributed by atoms with Gasteiger partial charge in [-0.3, -0.25) is 9.59 Å². The predicted molar refractivity (Wildman–Crippen MR) is 85.5 cm³/mol. The second-order valence-corrected chi connectivity index (χ2v) is 6.91. The molecule has 6 heteroatoms. The summed E-state index contributed by atoms with van der Waals surface area (Å²) in [4.78, 5) is 23.8. The van der Waals surface area contributed by atoms with E-state index in [-0.39, 0.29) is 18.3 Å². The van der Waals surface area contributed by atoms with Crippen LogP contribution in [0.1, 0.15) is 31.1 Å². The number of carbonyl (C=O) groups excluding carboxylic acids is 2. The average molecular weight is 358 g/mol. The molecule has 0 fully saturated rings. The van der Waals surface area contributed by atoms with Crippen LogP contribution in [0.25, 0.3) is 0 Å². The number of benzene rings is 1. The predicted octanol–water partition coefficient (Wildman–Crippen LogP) is 3.03. The number of halogens is 1. The fourth-order valence-electron chi connectivity index (χ4n) is 1.70. The maximum atomic E-state index is 12.2. The Labute approximate surface area is 133 Å². The van der Waals surface area contributed by atoms with Gasteiger partial charge in [0, 0.05) is 12.7 Å². The summed E-state index contributed by atoms with van der Waals surface area (Å²) in [6.07, 6.45) is 0. The molecule has 1 aromatic rings. The summed E-state index contributed by atoms with van der Waals surface area (Å²) < 4.78 is 9.61. The molecule has 1 N–H and O–H groups in total. The molecule has 0 aliphatic carbocycles. The number of anilines is 1.